The van der Waals surface area contributed by atoms with Crippen molar-refractivity contribution in [2.24, 2.45) is 0 Å². The molecule has 1 fully saturated rings. The molecule has 3 amide bonds. The summed E-state index contributed by atoms with van der Waals surface area (Å²) >= 11 is 0. The van der Waals surface area contributed by atoms with Crippen LogP contribution < -0.4 is 5.32 Å². The van der Waals surface area contributed by atoms with Crippen molar-refractivity contribution in [3.63, 3.8) is 0 Å². The molecule has 0 spiro atoms. The summed E-state index contributed by atoms with van der Waals surface area (Å²) in [4.78, 5) is 25.4. The normalized spacial score (nSPS) is 24.0. The first-order chi connectivity index (χ1) is 8.15. The van der Waals surface area contributed by atoms with E-state index in [4.69, 9.17) is 0 Å². The van der Waals surface area contributed by atoms with E-state index in [-0.39, 0.29) is 11.9 Å². The molecule has 1 saturated heterocycles. The third kappa shape index (κ3) is 1.60. The highest BCUT2D eigenvalue weighted by Crippen LogP contribution is 2.31. The average molecular weight is 232 g/mol. The second kappa shape index (κ2) is 4.20. The zero-order valence-corrected chi connectivity index (χ0v) is 10.1. The topological polar surface area (TPSA) is 49.4 Å². The Kier molecular flexibility index (Phi) is 2.88. The van der Waals surface area contributed by atoms with Gasteiger partial charge in [0.1, 0.15) is 5.54 Å². The molecule has 0 bridgehead atoms. The highest BCUT2D eigenvalue weighted by molar-refractivity contribution is 6.07. The molecule has 1 aromatic carbocycles. The maximum absolute atomic E-state index is 12.3. The number of hydrogen-bond donors (Lipinski definition) is 1. The molecule has 1 aliphatic rings. The minimum Gasteiger partial charge on any atom is -0.319 e. The van der Waals surface area contributed by atoms with Crippen molar-refractivity contribution in [3.8, 4) is 0 Å². The summed E-state index contributed by atoms with van der Waals surface area (Å²) in [5.74, 6) is -0.154. The standard InChI is InChI=1S/C13H16N2O2/c1-3-13(10-8-6-5-7-9-10)11(16)15(4-2)12(17)14-13/h5-9H,3-4H2,1-2H3,(H,14,17)/t13-/m0/s1. The molecule has 17 heavy (non-hydrogen) atoms. The number of rotatable bonds is 3. The number of nitrogens with one attached hydrogen (secondary N) is 1. The average Bonchev–Trinajstić information content (AvgIpc) is 2.62. The predicted octanol–water partition coefficient (Wildman–Crippen LogP) is 1.86. The molecule has 1 N–H and O–H groups in total. The summed E-state index contributed by atoms with van der Waals surface area (Å²) in [7, 11) is 0. The maximum Gasteiger partial charge on any atom is 0.325 e. The summed E-state index contributed by atoms with van der Waals surface area (Å²) < 4.78 is 0. The Morgan fingerprint density at radius 1 is 1.18 bits per heavy atom. The molecular formula is C13H16N2O2. The van der Waals surface area contributed by atoms with Crippen molar-refractivity contribution in [1.82, 2.24) is 10.2 Å². The highest BCUT2D eigenvalue weighted by atomic mass is 16.2. The van der Waals surface area contributed by atoms with E-state index in [9.17, 15) is 9.59 Å². The summed E-state index contributed by atoms with van der Waals surface area (Å²) in [6.45, 7) is 4.11. The van der Waals surface area contributed by atoms with Gasteiger partial charge < -0.3 is 5.32 Å². The SMILES string of the molecule is CCN1C(=O)N[C@@](CC)(c2ccccc2)C1=O. The molecule has 4 nitrogen and oxygen atoms in total. The Bertz CT molecular complexity index is 444. The van der Waals surface area contributed by atoms with Crippen LogP contribution >= 0.6 is 0 Å². The molecule has 0 saturated carbocycles. The fourth-order valence-corrected chi connectivity index (χ4v) is 2.28. The molecule has 0 aromatic heterocycles. The van der Waals surface area contributed by atoms with E-state index in [0.717, 1.165) is 5.56 Å². The van der Waals surface area contributed by atoms with Gasteiger partial charge in [-0.15, -0.1) is 0 Å². The maximum atomic E-state index is 12.3. The van der Waals surface area contributed by atoms with Crippen molar-refractivity contribution in [1.29, 1.82) is 0 Å². The quantitative estimate of drug-likeness (QED) is 0.809. The van der Waals surface area contributed by atoms with Crippen LogP contribution in [0.3, 0.4) is 0 Å². The van der Waals surface area contributed by atoms with Gasteiger partial charge in [0.25, 0.3) is 5.91 Å². The Hall–Kier alpha value is -1.84. The monoisotopic (exact) mass is 232 g/mol. The van der Waals surface area contributed by atoms with Crippen LogP contribution in [-0.4, -0.2) is 23.4 Å². The van der Waals surface area contributed by atoms with Crippen molar-refractivity contribution < 1.29 is 9.59 Å². The number of carbonyl (C=O) groups excluding carboxylic acids is 2. The van der Waals surface area contributed by atoms with Gasteiger partial charge in [0, 0.05) is 6.54 Å². The summed E-state index contributed by atoms with van der Waals surface area (Å²) in [6, 6.07) is 9.10. The fraction of sp³-hybridized carbons (Fsp3) is 0.385. The van der Waals surface area contributed by atoms with E-state index in [1.165, 1.54) is 4.90 Å². The molecule has 1 aliphatic heterocycles. The molecule has 4 heteroatoms. The summed E-state index contributed by atoms with van der Waals surface area (Å²) in [5.41, 5.74) is -0.0363. The molecule has 1 aromatic rings. The van der Waals surface area contributed by atoms with Gasteiger partial charge in [0.2, 0.25) is 0 Å². The molecule has 0 radical (unpaired) electrons. The highest BCUT2D eigenvalue weighted by Gasteiger charge is 2.50. The number of carbonyl (C=O) groups is 2. The summed E-state index contributed by atoms with van der Waals surface area (Å²) in [6.07, 6.45) is 0.554. The largest absolute Gasteiger partial charge is 0.325 e. The zero-order valence-electron chi connectivity index (χ0n) is 10.1. The lowest BCUT2D eigenvalue weighted by atomic mass is 9.87. The molecule has 2 rings (SSSR count). The van der Waals surface area contributed by atoms with E-state index in [1.54, 1.807) is 6.92 Å². The van der Waals surface area contributed by atoms with Crippen LogP contribution in [0.4, 0.5) is 4.79 Å². The number of benzene rings is 1. The van der Waals surface area contributed by atoms with Gasteiger partial charge in [-0.05, 0) is 18.9 Å². The number of hydrogen-bond acceptors (Lipinski definition) is 2. The van der Waals surface area contributed by atoms with E-state index in [1.807, 2.05) is 37.3 Å². The Labute approximate surface area is 101 Å². The second-order valence-electron chi connectivity index (χ2n) is 4.10. The number of urea groups is 1. The van der Waals surface area contributed by atoms with Gasteiger partial charge in [-0.1, -0.05) is 37.3 Å². The lowest BCUT2D eigenvalue weighted by molar-refractivity contribution is -0.131. The summed E-state index contributed by atoms with van der Waals surface area (Å²) in [5, 5.41) is 2.82. The van der Waals surface area contributed by atoms with Crippen LogP contribution in [0.1, 0.15) is 25.8 Å². The smallest absolute Gasteiger partial charge is 0.319 e. The molecule has 0 unspecified atom stereocenters. The van der Waals surface area contributed by atoms with Crippen molar-refractivity contribution in [2.75, 3.05) is 6.54 Å². The van der Waals surface area contributed by atoms with Crippen LogP contribution in [0.15, 0.2) is 30.3 Å². The van der Waals surface area contributed by atoms with Gasteiger partial charge >= 0.3 is 6.03 Å². The minimum absolute atomic E-state index is 0.154. The number of likely N-dealkylation sites (N-methyl/N-ethyl adjacent to an activating group) is 1. The fourth-order valence-electron chi connectivity index (χ4n) is 2.28. The van der Waals surface area contributed by atoms with Gasteiger partial charge in [-0.2, -0.15) is 0 Å². The Morgan fingerprint density at radius 3 is 2.29 bits per heavy atom. The number of amides is 3. The van der Waals surface area contributed by atoms with Gasteiger partial charge in [0.15, 0.2) is 0 Å². The minimum atomic E-state index is -0.881. The number of imide groups is 1. The molecular weight excluding hydrogens is 216 g/mol. The first-order valence-electron chi connectivity index (χ1n) is 5.85. The van der Waals surface area contributed by atoms with E-state index >= 15 is 0 Å². The Balaban J connectivity index is 2.47. The van der Waals surface area contributed by atoms with E-state index in [0.29, 0.717) is 13.0 Å². The van der Waals surface area contributed by atoms with E-state index < -0.39 is 5.54 Å². The van der Waals surface area contributed by atoms with Crippen LogP contribution in [0.5, 0.6) is 0 Å². The van der Waals surface area contributed by atoms with Crippen molar-refractivity contribution in [2.45, 2.75) is 25.8 Å². The van der Waals surface area contributed by atoms with E-state index in [2.05, 4.69) is 5.32 Å². The van der Waals surface area contributed by atoms with Gasteiger partial charge in [-0.3, -0.25) is 9.69 Å². The first kappa shape index (κ1) is 11.6. The number of nitrogens with zero attached hydrogens (tertiary/aromatic N) is 1. The van der Waals surface area contributed by atoms with Crippen LogP contribution in [-0.2, 0) is 10.3 Å². The van der Waals surface area contributed by atoms with Crippen molar-refractivity contribution in [3.05, 3.63) is 35.9 Å². The molecule has 1 atom stereocenters. The van der Waals surface area contributed by atoms with Crippen molar-refractivity contribution >= 4 is 11.9 Å². The van der Waals surface area contributed by atoms with Crippen LogP contribution in [0.25, 0.3) is 0 Å². The lowest BCUT2D eigenvalue weighted by Gasteiger charge is -2.25. The first-order valence-corrected chi connectivity index (χ1v) is 5.85. The Morgan fingerprint density at radius 2 is 1.82 bits per heavy atom. The molecule has 0 aliphatic carbocycles. The van der Waals surface area contributed by atoms with Crippen LogP contribution in [0, 0.1) is 0 Å². The third-order valence-electron chi connectivity index (χ3n) is 3.29. The third-order valence-corrected chi connectivity index (χ3v) is 3.29. The molecule has 90 valence electrons. The van der Waals surface area contributed by atoms with Crippen LogP contribution in [0.2, 0.25) is 0 Å². The zero-order chi connectivity index (χ0) is 12.5. The lowest BCUT2D eigenvalue weighted by Crippen LogP contribution is -2.43. The second-order valence-corrected chi connectivity index (χ2v) is 4.10. The molecule has 1 heterocycles. The van der Waals surface area contributed by atoms with Gasteiger partial charge in [0.05, 0.1) is 0 Å². The van der Waals surface area contributed by atoms with Gasteiger partial charge in [-0.25, -0.2) is 4.79 Å². The predicted molar refractivity (Wildman–Crippen MR) is 64.3 cm³/mol.